The lowest BCUT2D eigenvalue weighted by Gasteiger charge is -2.58. The Kier molecular flexibility index (Phi) is 4.17. The number of ketones is 1. The van der Waals surface area contributed by atoms with E-state index >= 15 is 0 Å². The quantitative estimate of drug-likeness (QED) is 0.522. The lowest BCUT2D eigenvalue weighted by atomic mass is 9.51. The average molecular weight is 460 g/mol. The Hall–Kier alpha value is -1.63. The number of ether oxygens (including phenoxy) is 1. The summed E-state index contributed by atoms with van der Waals surface area (Å²) in [4.78, 5) is 16.0. The zero-order valence-electron chi connectivity index (χ0n) is 17.0. The fourth-order valence-electron chi connectivity index (χ4n) is 6.61. The van der Waals surface area contributed by atoms with Crippen molar-refractivity contribution in [2.75, 3.05) is 13.6 Å². The molecule has 0 aromatic heterocycles. The molecule has 1 saturated carbocycles. The molecule has 1 aromatic carbocycles. The molecule has 2 fully saturated rings. The van der Waals surface area contributed by atoms with Gasteiger partial charge in [-0.25, -0.2) is 0 Å². The largest absolute Gasteiger partial charge is 0.487 e. The maximum atomic E-state index is 13.7. The Morgan fingerprint density at radius 2 is 2.00 bits per heavy atom. The highest BCUT2D eigenvalue weighted by molar-refractivity contribution is 6.40. The van der Waals surface area contributed by atoms with Crippen LogP contribution in [0.3, 0.4) is 0 Å². The zero-order chi connectivity index (χ0) is 21.7. The van der Waals surface area contributed by atoms with E-state index in [0.29, 0.717) is 6.04 Å². The highest BCUT2D eigenvalue weighted by Crippen LogP contribution is 2.66. The summed E-state index contributed by atoms with van der Waals surface area (Å²) in [5.74, 6) is -0.123. The first-order valence-electron chi connectivity index (χ1n) is 10.7. The number of rotatable bonds is 2. The molecule has 7 heteroatoms. The van der Waals surface area contributed by atoms with Gasteiger partial charge in [0, 0.05) is 29.4 Å². The average Bonchev–Trinajstić information content (AvgIpc) is 3.10. The van der Waals surface area contributed by atoms with Crippen LogP contribution in [-0.4, -0.2) is 58.3 Å². The number of likely N-dealkylation sites (tertiary alicyclic amines) is 1. The van der Waals surface area contributed by atoms with Crippen LogP contribution in [-0.2, 0) is 4.74 Å². The van der Waals surface area contributed by atoms with Crippen LogP contribution in [0.5, 0.6) is 0 Å². The number of benzene rings is 1. The highest BCUT2D eigenvalue weighted by atomic mass is 35.5. The van der Waals surface area contributed by atoms with Crippen molar-refractivity contribution in [2.45, 2.75) is 43.1 Å². The molecule has 1 aromatic rings. The number of carbonyl (C=O) groups excluding carboxylic acids is 1. The molecule has 2 aliphatic heterocycles. The van der Waals surface area contributed by atoms with Crippen molar-refractivity contribution in [2.24, 2.45) is 11.3 Å². The van der Waals surface area contributed by atoms with Crippen molar-refractivity contribution in [1.29, 1.82) is 0 Å². The van der Waals surface area contributed by atoms with Crippen LogP contribution in [0.1, 0.15) is 29.6 Å². The molecule has 6 atom stereocenters. The molecule has 5 aliphatic rings. The normalized spacial score (nSPS) is 40.4. The van der Waals surface area contributed by atoms with Gasteiger partial charge in [0.05, 0.1) is 15.6 Å². The molecule has 2 N–H and O–H groups in total. The molecular formula is C24H23Cl2NO4. The van der Waals surface area contributed by atoms with Crippen LogP contribution in [0.2, 0.25) is 10.0 Å². The summed E-state index contributed by atoms with van der Waals surface area (Å²) < 4.78 is 6.37. The number of nitrogens with zero attached hydrogens (tertiary/aromatic N) is 1. The number of halogens is 2. The number of Topliss-reactive ketones (excluding diaryl/α,β-unsaturated/α-hetero) is 1. The van der Waals surface area contributed by atoms with E-state index in [4.69, 9.17) is 27.9 Å². The molecule has 2 heterocycles. The lowest BCUT2D eigenvalue weighted by Crippen LogP contribution is -2.62. The first-order valence-corrected chi connectivity index (χ1v) is 11.4. The van der Waals surface area contributed by atoms with Gasteiger partial charge in [-0.15, -0.1) is 0 Å². The number of carbonyl (C=O) groups is 1. The molecule has 6 rings (SSSR count). The minimum atomic E-state index is -1.90. The van der Waals surface area contributed by atoms with E-state index in [1.165, 1.54) is 0 Å². The third-order valence-corrected chi connectivity index (χ3v) is 8.69. The molecule has 31 heavy (non-hydrogen) atoms. The molecule has 0 amide bonds. The standard InChI is InChI=1S/C24H23Cl2NO4/c1-27-10-9-23-13-5-6-17(28)21(23)31-22-19(23)12(11-16(13)27)7-8-24(22,30)20(29)18-14(25)3-2-4-15(18)26/h2-7,13,16-17,21,28,30H,8-11H2,1H3/t13-,16+,17-,21-,23-,24?/m0/s1. The van der Waals surface area contributed by atoms with Gasteiger partial charge < -0.3 is 19.8 Å². The van der Waals surface area contributed by atoms with E-state index in [2.05, 4.69) is 18.0 Å². The Morgan fingerprint density at radius 1 is 1.26 bits per heavy atom. The van der Waals surface area contributed by atoms with Crippen molar-refractivity contribution in [3.8, 4) is 0 Å². The van der Waals surface area contributed by atoms with Crippen LogP contribution < -0.4 is 0 Å². The maximum Gasteiger partial charge on any atom is 0.205 e. The van der Waals surface area contributed by atoms with Crippen LogP contribution in [0, 0.1) is 11.3 Å². The van der Waals surface area contributed by atoms with Gasteiger partial charge in [-0.3, -0.25) is 4.79 Å². The van der Waals surface area contributed by atoms with E-state index in [0.717, 1.165) is 30.5 Å². The number of aliphatic hydroxyl groups is 2. The first-order chi connectivity index (χ1) is 14.8. The monoisotopic (exact) mass is 459 g/mol. The number of hydrogen-bond donors (Lipinski definition) is 2. The smallest absolute Gasteiger partial charge is 0.205 e. The van der Waals surface area contributed by atoms with Crippen LogP contribution in [0.4, 0.5) is 0 Å². The third kappa shape index (κ3) is 2.36. The second kappa shape index (κ2) is 6.46. The molecule has 1 saturated heterocycles. The number of aliphatic hydroxyl groups excluding tert-OH is 1. The maximum absolute atomic E-state index is 13.7. The summed E-state index contributed by atoms with van der Waals surface area (Å²) >= 11 is 12.6. The highest BCUT2D eigenvalue weighted by Gasteiger charge is 2.68. The molecule has 1 spiro atoms. The summed E-state index contributed by atoms with van der Waals surface area (Å²) in [6, 6.07) is 5.15. The second-order valence-electron chi connectivity index (χ2n) is 9.41. The third-order valence-electron chi connectivity index (χ3n) is 8.06. The van der Waals surface area contributed by atoms with Gasteiger partial charge in [-0.05, 0) is 44.1 Å². The summed E-state index contributed by atoms with van der Waals surface area (Å²) in [5, 5.41) is 23.1. The van der Waals surface area contributed by atoms with Gasteiger partial charge in [-0.2, -0.15) is 0 Å². The molecule has 0 radical (unpaired) electrons. The van der Waals surface area contributed by atoms with Crippen molar-refractivity contribution < 1.29 is 19.7 Å². The van der Waals surface area contributed by atoms with E-state index in [1.807, 2.05) is 6.08 Å². The summed E-state index contributed by atoms with van der Waals surface area (Å²) in [6.07, 6.45) is 6.28. The Bertz CT molecular complexity index is 1090. The summed E-state index contributed by atoms with van der Waals surface area (Å²) in [7, 11) is 2.14. The SMILES string of the molecule is CN1CC[C@]23C4=C5O[C@H]2[C@@H](O)C=C[C@H]3[C@H]1CC4=CCC5(O)C(=O)c1c(Cl)cccc1Cl. The topological polar surface area (TPSA) is 70.0 Å². The minimum absolute atomic E-state index is 0.0922. The Morgan fingerprint density at radius 3 is 2.74 bits per heavy atom. The second-order valence-corrected chi connectivity index (χ2v) is 10.2. The first kappa shape index (κ1) is 20.0. The van der Waals surface area contributed by atoms with Crippen LogP contribution in [0.15, 0.2) is 53.3 Å². The number of piperidine rings is 1. The van der Waals surface area contributed by atoms with Gasteiger partial charge in [0.15, 0.2) is 5.60 Å². The van der Waals surface area contributed by atoms with E-state index in [-0.39, 0.29) is 33.7 Å². The number of hydrogen-bond acceptors (Lipinski definition) is 5. The van der Waals surface area contributed by atoms with Crippen molar-refractivity contribution in [3.63, 3.8) is 0 Å². The molecule has 162 valence electrons. The predicted octanol–water partition coefficient (Wildman–Crippen LogP) is 3.53. The fourth-order valence-corrected chi connectivity index (χ4v) is 7.18. The van der Waals surface area contributed by atoms with Crippen LogP contribution >= 0.6 is 23.2 Å². The molecule has 3 aliphatic carbocycles. The van der Waals surface area contributed by atoms with Gasteiger partial charge in [0.25, 0.3) is 0 Å². The predicted molar refractivity (Wildman–Crippen MR) is 117 cm³/mol. The van der Waals surface area contributed by atoms with Gasteiger partial charge in [0.2, 0.25) is 5.78 Å². The zero-order valence-corrected chi connectivity index (χ0v) is 18.5. The molecular weight excluding hydrogens is 437 g/mol. The molecule has 5 nitrogen and oxygen atoms in total. The molecule has 1 unspecified atom stereocenters. The Balaban J connectivity index is 1.55. The Labute approximate surface area is 190 Å². The van der Waals surface area contributed by atoms with Crippen molar-refractivity contribution in [3.05, 3.63) is 68.9 Å². The fraction of sp³-hybridized carbons (Fsp3) is 0.458. The van der Waals surface area contributed by atoms with Gasteiger partial charge >= 0.3 is 0 Å². The van der Waals surface area contributed by atoms with Crippen molar-refractivity contribution in [1.82, 2.24) is 4.90 Å². The van der Waals surface area contributed by atoms with Crippen molar-refractivity contribution >= 4 is 29.0 Å². The van der Waals surface area contributed by atoms with E-state index in [9.17, 15) is 15.0 Å². The summed E-state index contributed by atoms with van der Waals surface area (Å²) in [6.45, 7) is 0.869. The van der Waals surface area contributed by atoms with Gasteiger partial charge in [-0.1, -0.05) is 47.5 Å². The molecule has 2 bridgehead atoms. The van der Waals surface area contributed by atoms with E-state index < -0.39 is 29.0 Å². The summed E-state index contributed by atoms with van der Waals surface area (Å²) in [5.41, 5.74) is -0.207. The minimum Gasteiger partial charge on any atom is -0.487 e. The van der Waals surface area contributed by atoms with Gasteiger partial charge in [0.1, 0.15) is 18.0 Å². The van der Waals surface area contributed by atoms with Crippen LogP contribution in [0.25, 0.3) is 0 Å². The van der Waals surface area contributed by atoms with E-state index in [1.54, 1.807) is 24.3 Å². The lowest BCUT2D eigenvalue weighted by molar-refractivity contribution is -0.0989.